The number of hydrogen-bond donors (Lipinski definition) is 3. The van der Waals surface area contributed by atoms with Crippen LogP contribution in [0, 0.1) is 0 Å². The molecule has 9 heteroatoms. The van der Waals surface area contributed by atoms with Crippen molar-refractivity contribution in [1.29, 1.82) is 0 Å². The van der Waals surface area contributed by atoms with Crippen molar-refractivity contribution in [2.75, 3.05) is 45.5 Å². The van der Waals surface area contributed by atoms with Gasteiger partial charge in [0, 0.05) is 51.0 Å². The Kier molecular flexibility index (Phi) is 8.83. The number of methoxy groups -OCH3 is 1. The van der Waals surface area contributed by atoms with Crippen molar-refractivity contribution in [2.45, 2.75) is 25.8 Å². The zero-order valence-corrected chi connectivity index (χ0v) is 16.9. The molecule has 26 heavy (non-hydrogen) atoms. The second-order valence-electron chi connectivity index (χ2n) is 6.53. The highest BCUT2D eigenvalue weighted by molar-refractivity contribution is 7.88. The Labute approximate surface area is 156 Å². The molecule has 8 nitrogen and oxygen atoms in total. The molecule has 1 aromatic rings. The Morgan fingerprint density at radius 1 is 1.27 bits per heavy atom. The predicted octanol–water partition coefficient (Wildman–Crippen LogP) is 1.42. The highest BCUT2D eigenvalue weighted by atomic mass is 32.2. The summed E-state index contributed by atoms with van der Waals surface area (Å²) in [5.41, 5.74) is 0.161. The molecule has 0 bridgehead atoms. The first-order valence-electron chi connectivity index (χ1n) is 8.33. The normalized spacial score (nSPS) is 12.7. The predicted molar refractivity (Wildman–Crippen MR) is 105 cm³/mol. The van der Waals surface area contributed by atoms with E-state index < -0.39 is 15.6 Å². The summed E-state index contributed by atoms with van der Waals surface area (Å²) in [6, 6.07) is 7.54. The number of sulfonamides is 1. The summed E-state index contributed by atoms with van der Waals surface area (Å²) in [5.74, 6) is 1.28. The summed E-state index contributed by atoms with van der Waals surface area (Å²) in [6.45, 7) is 5.19. The molecule has 0 atom stereocenters. The molecular formula is C17H30N4O4S. The Morgan fingerprint density at radius 2 is 2.00 bits per heavy atom. The highest BCUT2D eigenvalue weighted by Gasteiger charge is 2.22. The average Bonchev–Trinajstić information content (AvgIpc) is 2.54. The first-order chi connectivity index (χ1) is 12.1. The van der Waals surface area contributed by atoms with Crippen molar-refractivity contribution in [2.24, 2.45) is 4.99 Å². The van der Waals surface area contributed by atoms with Gasteiger partial charge in [-0.3, -0.25) is 4.99 Å². The maximum Gasteiger partial charge on any atom is 0.209 e. The SMILES string of the molecule is CN=C(NCC(C)(C)NS(C)(=O)=O)Nc1cccc(OCCCOC)c1. The lowest BCUT2D eigenvalue weighted by Crippen LogP contribution is -2.51. The first kappa shape index (κ1) is 22.2. The van der Waals surface area contributed by atoms with Gasteiger partial charge >= 0.3 is 0 Å². The maximum absolute atomic E-state index is 11.4. The molecule has 1 aromatic carbocycles. The molecule has 0 spiro atoms. The third kappa shape index (κ3) is 9.59. The van der Waals surface area contributed by atoms with E-state index in [1.165, 1.54) is 0 Å². The van der Waals surface area contributed by atoms with E-state index in [1.807, 2.05) is 24.3 Å². The van der Waals surface area contributed by atoms with E-state index in [0.29, 0.717) is 25.7 Å². The summed E-state index contributed by atoms with van der Waals surface area (Å²) in [4.78, 5) is 4.16. The van der Waals surface area contributed by atoms with Gasteiger partial charge in [0.1, 0.15) is 5.75 Å². The van der Waals surface area contributed by atoms with E-state index in [1.54, 1.807) is 28.0 Å². The van der Waals surface area contributed by atoms with Crippen LogP contribution in [0.2, 0.25) is 0 Å². The smallest absolute Gasteiger partial charge is 0.209 e. The van der Waals surface area contributed by atoms with Gasteiger partial charge in [-0.2, -0.15) is 0 Å². The quantitative estimate of drug-likeness (QED) is 0.319. The molecule has 0 radical (unpaired) electrons. The van der Waals surface area contributed by atoms with Gasteiger partial charge in [0.2, 0.25) is 10.0 Å². The van der Waals surface area contributed by atoms with Crippen molar-refractivity contribution < 1.29 is 17.9 Å². The number of benzene rings is 1. The minimum absolute atomic E-state index is 0.368. The first-order valence-corrected chi connectivity index (χ1v) is 10.2. The third-order valence-electron chi connectivity index (χ3n) is 3.24. The molecular weight excluding hydrogens is 356 g/mol. The zero-order chi connectivity index (χ0) is 19.6. The summed E-state index contributed by atoms with van der Waals surface area (Å²) in [6.07, 6.45) is 1.96. The topological polar surface area (TPSA) is 101 Å². The summed E-state index contributed by atoms with van der Waals surface area (Å²) in [5, 5.41) is 6.28. The molecule has 1 rings (SSSR count). The minimum Gasteiger partial charge on any atom is -0.493 e. The van der Waals surface area contributed by atoms with E-state index in [9.17, 15) is 8.42 Å². The fourth-order valence-electron chi connectivity index (χ4n) is 2.22. The molecule has 3 N–H and O–H groups in total. The van der Waals surface area contributed by atoms with E-state index >= 15 is 0 Å². The monoisotopic (exact) mass is 386 g/mol. The Hall–Kier alpha value is -1.84. The second kappa shape index (κ2) is 10.3. The zero-order valence-electron chi connectivity index (χ0n) is 16.1. The fourth-order valence-corrected chi connectivity index (χ4v) is 3.29. The van der Waals surface area contributed by atoms with Crippen LogP contribution in [0.3, 0.4) is 0 Å². The molecule has 0 aliphatic rings. The lowest BCUT2D eigenvalue weighted by atomic mass is 10.1. The minimum atomic E-state index is -3.29. The van der Waals surface area contributed by atoms with Crippen LogP contribution in [0.15, 0.2) is 29.3 Å². The molecule has 0 unspecified atom stereocenters. The standard InChI is InChI=1S/C17H30N4O4S/c1-17(2,21-26(5,22)23)13-19-16(18-3)20-14-8-6-9-15(12-14)25-11-7-10-24-4/h6,8-9,12,21H,7,10-11,13H2,1-5H3,(H2,18,19,20). The number of guanidine groups is 1. The van der Waals surface area contributed by atoms with Crippen LogP contribution >= 0.6 is 0 Å². The number of aliphatic imine (C=N–C) groups is 1. The lowest BCUT2D eigenvalue weighted by molar-refractivity contribution is 0.172. The fraction of sp³-hybridized carbons (Fsp3) is 0.588. The molecule has 0 aliphatic heterocycles. The van der Waals surface area contributed by atoms with Crippen LogP contribution in [-0.2, 0) is 14.8 Å². The highest BCUT2D eigenvalue weighted by Crippen LogP contribution is 2.17. The van der Waals surface area contributed by atoms with Gasteiger partial charge in [0.15, 0.2) is 5.96 Å². The number of ether oxygens (including phenoxy) is 2. The molecule has 0 fully saturated rings. The van der Waals surface area contributed by atoms with E-state index in [0.717, 1.165) is 24.1 Å². The van der Waals surface area contributed by atoms with Crippen molar-refractivity contribution in [1.82, 2.24) is 10.0 Å². The molecule has 0 heterocycles. The van der Waals surface area contributed by atoms with Crippen molar-refractivity contribution in [3.63, 3.8) is 0 Å². The molecule has 0 saturated carbocycles. The maximum atomic E-state index is 11.4. The number of rotatable bonds is 10. The van der Waals surface area contributed by atoms with Crippen LogP contribution in [0.5, 0.6) is 5.75 Å². The largest absolute Gasteiger partial charge is 0.493 e. The Balaban J connectivity index is 2.60. The van der Waals surface area contributed by atoms with Gasteiger partial charge in [-0.1, -0.05) is 6.07 Å². The molecule has 0 aliphatic carbocycles. The van der Waals surface area contributed by atoms with Gasteiger partial charge in [-0.15, -0.1) is 0 Å². The van der Waals surface area contributed by atoms with Gasteiger partial charge < -0.3 is 20.1 Å². The second-order valence-corrected chi connectivity index (χ2v) is 8.28. The van der Waals surface area contributed by atoms with Gasteiger partial charge in [0.25, 0.3) is 0 Å². The van der Waals surface area contributed by atoms with Crippen LogP contribution < -0.4 is 20.1 Å². The molecule has 0 aromatic heterocycles. The van der Waals surface area contributed by atoms with Crippen molar-refractivity contribution in [3.8, 4) is 5.75 Å². The Morgan fingerprint density at radius 3 is 2.62 bits per heavy atom. The van der Waals surface area contributed by atoms with Crippen LogP contribution in [0.25, 0.3) is 0 Å². The van der Waals surface area contributed by atoms with Gasteiger partial charge in [-0.25, -0.2) is 13.1 Å². The summed E-state index contributed by atoms with van der Waals surface area (Å²) in [7, 11) is 0.0230. The Bertz CT molecular complexity index is 690. The van der Waals surface area contributed by atoms with E-state index in [4.69, 9.17) is 9.47 Å². The summed E-state index contributed by atoms with van der Waals surface area (Å²) >= 11 is 0. The molecule has 0 saturated heterocycles. The number of nitrogens with one attached hydrogen (secondary N) is 3. The van der Waals surface area contributed by atoms with E-state index in [2.05, 4.69) is 20.3 Å². The van der Waals surface area contributed by atoms with Crippen LogP contribution in [0.1, 0.15) is 20.3 Å². The number of anilines is 1. The summed E-state index contributed by atoms with van der Waals surface area (Å²) < 4.78 is 36.1. The van der Waals surface area contributed by atoms with E-state index in [-0.39, 0.29) is 0 Å². The number of nitrogens with zero attached hydrogens (tertiary/aromatic N) is 1. The number of hydrogen-bond acceptors (Lipinski definition) is 5. The van der Waals surface area contributed by atoms with Gasteiger partial charge in [0.05, 0.1) is 12.9 Å². The third-order valence-corrected chi connectivity index (χ3v) is 4.16. The average molecular weight is 387 g/mol. The lowest BCUT2D eigenvalue weighted by Gasteiger charge is -2.26. The molecule has 0 amide bonds. The van der Waals surface area contributed by atoms with Crippen molar-refractivity contribution in [3.05, 3.63) is 24.3 Å². The van der Waals surface area contributed by atoms with Crippen LogP contribution in [-0.4, -0.2) is 60.1 Å². The van der Waals surface area contributed by atoms with Gasteiger partial charge in [-0.05, 0) is 26.0 Å². The molecule has 148 valence electrons. The van der Waals surface area contributed by atoms with Crippen molar-refractivity contribution >= 4 is 21.7 Å². The van der Waals surface area contributed by atoms with Crippen LogP contribution in [0.4, 0.5) is 5.69 Å².